The molecule has 1 N–H and O–H groups in total. The third kappa shape index (κ3) is 3.97. The molecule has 0 spiro atoms. The fraction of sp³-hybridized carbons (Fsp3) is 0.773. The number of methoxy groups -OCH3 is 2. The number of hydrogen-bond acceptors (Lipinski definition) is 7. The molecule has 1 amide bonds. The van der Waals surface area contributed by atoms with E-state index in [9.17, 15) is 13.6 Å². The Morgan fingerprint density at radius 3 is 2.72 bits per heavy atom. The summed E-state index contributed by atoms with van der Waals surface area (Å²) in [5, 5.41) is 9.16. The van der Waals surface area contributed by atoms with Crippen molar-refractivity contribution in [3.63, 3.8) is 0 Å². The molecule has 0 aromatic heterocycles. The molecule has 2 fully saturated rings. The number of nitrogens with one attached hydrogen (secondary N) is 1. The molecule has 2 saturated heterocycles. The smallest absolute Gasteiger partial charge is 0.257 e. The largest absolute Gasteiger partial charge is 0.373 e. The van der Waals surface area contributed by atoms with Crippen LogP contribution in [0.1, 0.15) is 27.2 Å². The zero-order valence-electron chi connectivity index (χ0n) is 19.2. The van der Waals surface area contributed by atoms with Gasteiger partial charge in [-0.15, -0.1) is 0 Å². The van der Waals surface area contributed by atoms with E-state index in [1.165, 1.54) is 5.01 Å². The highest BCUT2D eigenvalue weighted by Crippen LogP contribution is 2.44. The van der Waals surface area contributed by atoms with Crippen molar-refractivity contribution in [2.45, 2.75) is 69.6 Å². The maximum atomic E-state index is 13.5. The van der Waals surface area contributed by atoms with Crippen molar-refractivity contribution < 1.29 is 23.0 Å². The number of hydrogen-bond donors (Lipinski definition) is 1. The van der Waals surface area contributed by atoms with Gasteiger partial charge in [0.1, 0.15) is 6.10 Å². The normalized spacial score (nSPS) is 38.6. The molecule has 4 aliphatic heterocycles. The summed E-state index contributed by atoms with van der Waals surface area (Å²) in [4.78, 5) is 20.1. The van der Waals surface area contributed by atoms with Crippen molar-refractivity contribution in [3.8, 4) is 0 Å². The van der Waals surface area contributed by atoms with Gasteiger partial charge in [-0.2, -0.15) is 5.10 Å². The fourth-order valence-electron chi connectivity index (χ4n) is 5.71. The first-order valence-electron chi connectivity index (χ1n) is 11.1. The minimum Gasteiger partial charge on any atom is -0.373 e. The Morgan fingerprint density at radius 2 is 2.06 bits per heavy atom. The van der Waals surface area contributed by atoms with E-state index >= 15 is 0 Å². The van der Waals surface area contributed by atoms with Crippen LogP contribution in [-0.4, -0.2) is 97.5 Å². The van der Waals surface area contributed by atoms with Crippen LogP contribution in [-0.2, 0) is 14.3 Å². The maximum Gasteiger partial charge on any atom is 0.257 e. The lowest BCUT2D eigenvalue weighted by atomic mass is 9.74. The van der Waals surface area contributed by atoms with Crippen LogP contribution >= 0.6 is 0 Å². The van der Waals surface area contributed by atoms with Gasteiger partial charge in [0.15, 0.2) is 6.23 Å². The Labute approximate surface area is 187 Å². The van der Waals surface area contributed by atoms with Crippen LogP contribution in [0.4, 0.5) is 8.78 Å². The molecule has 4 heterocycles. The van der Waals surface area contributed by atoms with Gasteiger partial charge in [-0.25, -0.2) is 8.78 Å². The molecule has 7 atom stereocenters. The number of fused-ring (bicyclic) bond motifs is 1. The molecule has 178 valence electrons. The van der Waals surface area contributed by atoms with Crippen LogP contribution < -0.4 is 5.32 Å². The quantitative estimate of drug-likeness (QED) is 0.660. The van der Waals surface area contributed by atoms with Crippen molar-refractivity contribution >= 4 is 17.8 Å². The molecule has 10 heteroatoms. The summed E-state index contributed by atoms with van der Waals surface area (Å²) in [5.41, 5.74) is 0.378. The molecule has 0 bridgehead atoms. The van der Waals surface area contributed by atoms with Gasteiger partial charge in [-0.05, 0) is 38.3 Å². The number of halogens is 2. The van der Waals surface area contributed by atoms with E-state index in [2.05, 4.69) is 17.3 Å². The Bertz CT molecular complexity index is 817. The number of piperidine rings is 1. The molecule has 7 unspecified atom stereocenters. The number of aliphatic imine (C=N–C) groups is 1. The number of hydrazone groups is 1. The minimum atomic E-state index is -2.46. The Balaban J connectivity index is 1.54. The molecule has 0 aromatic carbocycles. The molecular weight excluding hydrogens is 420 g/mol. The van der Waals surface area contributed by atoms with E-state index < -0.39 is 24.7 Å². The predicted octanol–water partition coefficient (Wildman–Crippen LogP) is 1.52. The maximum absolute atomic E-state index is 13.5. The lowest BCUT2D eigenvalue weighted by molar-refractivity contribution is -0.135. The summed E-state index contributed by atoms with van der Waals surface area (Å²) in [5.74, 6) is 0.0110. The van der Waals surface area contributed by atoms with Crippen LogP contribution in [0.2, 0.25) is 0 Å². The number of carbonyl (C=O) groups is 1. The highest BCUT2D eigenvalue weighted by molar-refractivity contribution is 6.00. The Kier molecular flexibility index (Phi) is 6.39. The predicted molar refractivity (Wildman–Crippen MR) is 117 cm³/mol. The Morgan fingerprint density at radius 1 is 1.31 bits per heavy atom. The highest BCUT2D eigenvalue weighted by atomic mass is 19.3. The summed E-state index contributed by atoms with van der Waals surface area (Å²) in [6, 6.07) is -0.433. The summed E-state index contributed by atoms with van der Waals surface area (Å²) in [6.07, 6.45) is 3.24. The van der Waals surface area contributed by atoms with Crippen molar-refractivity contribution in [2.75, 3.05) is 27.3 Å². The van der Waals surface area contributed by atoms with Gasteiger partial charge >= 0.3 is 0 Å². The number of rotatable bonds is 6. The minimum absolute atomic E-state index is 0.0161. The zero-order chi connectivity index (χ0) is 23.2. The van der Waals surface area contributed by atoms with E-state index in [4.69, 9.17) is 14.5 Å². The number of likely N-dealkylation sites (tertiary alicyclic amines) is 1. The SMILES string of the molecule is COC1C=CC(C2CC(C)C3C(=O)N(C4C=NN(CC(F)F)C4)C(C)(C)C3N2)=NC1OC. The van der Waals surface area contributed by atoms with Crippen molar-refractivity contribution in [1.29, 1.82) is 0 Å². The van der Waals surface area contributed by atoms with E-state index in [0.717, 1.165) is 12.1 Å². The molecule has 8 nitrogen and oxygen atoms in total. The second-order valence-electron chi connectivity index (χ2n) is 9.63. The third-order valence-electron chi connectivity index (χ3n) is 7.23. The first-order chi connectivity index (χ1) is 15.2. The van der Waals surface area contributed by atoms with Gasteiger partial charge in [0.25, 0.3) is 6.43 Å². The average Bonchev–Trinajstić information content (AvgIpc) is 3.26. The summed E-state index contributed by atoms with van der Waals surface area (Å²) in [6.45, 7) is 6.06. The lowest BCUT2D eigenvalue weighted by Crippen LogP contribution is -2.61. The van der Waals surface area contributed by atoms with Crippen LogP contribution in [0.5, 0.6) is 0 Å². The van der Waals surface area contributed by atoms with Crippen LogP contribution in [0.25, 0.3) is 0 Å². The molecule has 0 saturated carbocycles. The molecule has 0 aromatic rings. The first-order valence-corrected chi connectivity index (χ1v) is 11.1. The van der Waals surface area contributed by atoms with Gasteiger partial charge in [-0.3, -0.25) is 14.8 Å². The number of carbonyl (C=O) groups excluding carboxylic acids is 1. The van der Waals surface area contributed by atoms with Gasteiger partial charge in [0.2, 0.25) is 5.91 Å². The summed E-state index contributed by atoms with van der Waals surface area (Å²) >= 11 is 0. The molecule has 32 heavy (non-hydrogen) atoms. The number of nitrogens with zero attached hydrogens (tertiary/aromatic N) is 4. The van der Waals surface area contributed by atoms with E-state index in [1.807, 2.05) is 30.9 Å². The number of amides is 1. The molecule has 0 radical (unpaired) electrons. The molecule has 0 aliphatic carbocycles. The van der Waals surface area contributed by atoms with Gasteiger partial charge < -0.3 is 19.7 Å². The van der Waals surface area contributed by atoms with Crippen molar-refractivity contribution in [1.82, 2.24) is 15.2 Å². The molecule has 4 aliphatic rings. The van der Waals surface area contributed by atoms with Gasteiger partial charge in [0, 0.05) is 32.5 Å². The summed E-state index contributed by atoms with van der Waals surface area (Å²) in [7, 11) is 3.24. The van der Waals surface area contributed by atoms with Gasteiger partial charge in [0.05, 0.1) is 36.3 Å². The van der Waals surface area contributed by atoms with Crippen LogP contribution in [0, 0.1) is 11.8 Å². The molecular formula is C22H33F2N5O3. The van der Waals surface area contributed by atoms with E-state index in [-0.39, 0.29) is 42.0 Å². The molecule has 4 rings (SSSR count). The Hall–Kier alpha value is -1.91. The number of ether oxygens (including phenoxy) is 2. The average molecular weight is 454 g/mol. The zero-order valence-corrected chi connectivity index (χ0v) is 19.2. The second-order valence-corrected chi connectivity index (χ2v) is 9.63. The van der Waals surface area contributed by atoms with E-state index in [0.29, 0.717) is 6.54 Å². The summed E-state index contributed by atoms with van der Waals surface area (Å²) < 4.78 is 36.5. The fourth-order valence-corrected chi connectivity index (χ4v) is 5.71. The van der Waals surface area contributed by atoms with Crippen LogP contribution in [0.15, 0.2) is 22.2 Å². The second kappa shape index (κ2) is 8.79. The highest BCUT2D eigenvalue weighted by Gasteiger charge is 2.59. The third-order valence-corrected chi connectivity index (χ3v) is 7.23. The number of alkyl halides is 2. The van der Waals surface area contributed by atoms with Crippen molar-refractivity contribution in [3.05, 3.63) is 12.2 Å². The van der Waals surface area contributed by atoms with Crippen LogP contribution in [0.3, 0.4) is 0 Å². The first kappa shape index (κ1) is 23.3. The standard InChI is InChI=1S/C22H33F2N5O3/c1-12-8-15(14-6-7-16(31-4)20(27-14)32-5)26-19-18(12)21(30)29(22(19,2)3)13-9-25-28(10-13)11-17(23)24/h6-7,9,12-13,15-20,26H,8,10-11H2,1-5H3. The monoisotopic (exact) mass is 453 g/mol. The van der Waals surface area contributed by atoms with Gasteiger partial charge in [-0.1, -0.05) is 6.92 Å². The van der Waals surface area contributed by atoms with E-state index in [1.54, 1.807) is 20.4 Å². The number of dihydropyridines is 1. The topological polar surface area (TPSA) is 78.8 Å². The van der Waals surface area contributed by atoms with Crippen molar-refractivity contribution in [2.24, 2.45) is 21.9 Å². The lowest BCUT2D eigenvalue weighted by Gasteiger charge is -2.43.